The van der Waals surface area contributed by atoms with Gasteiger partial charge in [-0.1, -0.05) is 48.6 Å². The number of alkyl halides is 1. The van der Waals surface area contributed by atoms with E-state index in [1.54, 1.807) is 12.1 Å². The molecule has 3 heteroatoms. The van der Waals surface area contributed by atoms with Crippen molar-refractivity contribution in [3.8, 4) is 0 Å². The van der Waals surface area contributed by atoms with Gasteiger partial charge in [0.1, 0.15) is 5.82 Å². The normalized spacial score (nSPS) is 13.0. The molecule has 1 aromatic rings. The van der Waals surface area contributed by atoms with Crippen LogP contribution in [0.1, 0.15) is 38.4 Å². The molecule has 0 aromatic heterocycles. The molecule has 0 saturated carbocycles. The molecule has 0 aliphatic carbocycles. The third-order valence-corrected chi connectivity index (χ3v) is 3.43. The molecule has 0 spiro atoms. The van der Waals surface area contributed by atoms with Gasteiger partial charge in [0.25, 0.3) is 0 Å². The Bertz CT molecular complexity index is 311. The highest BCUT2D eigenvalue weighted by Crippen LogP contribution is 2.21. The highest BCUT2D eigenvalue weighted by molar-refractivity contribution is 14.1. The second kappa shape index (κ2) is 8.03. The van der Waals surface area contributed by atoms with Crippen LogP contribution in [0.15, 0.2) is 24.3 Å². The molecule has 0 aliphatic heterocycles. The predicted octanol–water partition coefficient (Wildman–Crippen LogP) is 4.75. The van der Waals surface area contributed by atoms with Crippen LogP contribution >= 0.6 is 22.6 Å². The summed E-state index contributed by atoms with van der Waals surface area (Å²) in [4.78, 5) is 0. The molecule has 0 N–H and O–H groups in total. The van der Waals surface area contributed by atoms with Gasteiger partial charge in [0.2, 0.25) is 0 Å². The van der Waals surface area contributed by atoms with Crippen molar-refractivity contribution in [2.24, 2.45) is 5.92 Å². The minimum Gasteiger partial charge on any atom is -0.373 e. The van der Waals surface area contributed by atoms with Gasteiger partial charge in [0.05, 0.1) is 6.10 Å². The van der Waals surface area contributed by atoms with Crippen molar-refractivity contribution >= 4 is 22.6 Å². The molecule has 96 valence electrons. The van der Waals surface area contributed by atoms with E-state index in [2.05, 4.69) is 36.4 Å². The summed E-state index contributed by atoms with van der Waals surface area (Å²) in [6.45, 7) is 5.22. The fourth-order valence-electron chi connectivity index (χ4n) is 1.62. The first-order valence-corrected chi connectivity index (χ1v) is 7.59. The average molecular weight is 350 g/mol. The van der Waals surface area contributed by atoms with Crippen LogP contribution in [0.3, 0.4) is 0 Å². The van der Waals surface area contributed by atoms with Gasteiger partial charge in [-0.15, -0.1) is 0 Å². The molecule has 1 aromatic carbocycles. The van der Waals surface area contributed by atoms with Crippen molar-refractivity contribution in [3.63, 3.8) is 0 Å². The molecule has 0 saturated heterocycles. The summed E-state index contributed by atoms with van der Waals surface area (Å²) in [5, 5.41) is 0. The van der Waals surface area contributed by atoms with Crippen LogP contribution in [-0.2, 0) is 4.74 Å². The van der Waals surface area contributed by atoms with E-state index in [0.717, 1.165) is 28.9 Å². The monoisotopic (exact) mass is 350 g/mol. The summed E-state index contributed by atoms with van der Waals surface area (Å²) in [5.41, 5.74) is 1.06. The third-order valence-electron chi connectivity index (χ3n) is 2.63. The lowest BCUT2D eigenvalue weighted by molar-refractivity contribution is 0.0665. The molecule has 0 amide bonds. The van der Waals surface area contributed by atoms with E-state index >= 15 is 0 Å². The second-order valence-electron chi connectivity index (χ2n) is 4.60. The summed E-state index contributed by atoms with van der Waals surface area (Å²) in [6, 6.07) is 6.60. The number of hydrogen-bond donors (Lipinski definition) is 0. The van der Waals surface area contributed by atoms with Crippen LogP contribution in [0.5, 0.6) is 0 Å². The molecule has 0 heterocycles. The number of hydrogen-bond acceptors (Lipinski definition) is 1. The second-order valence-corrected chi connectivity index (χ2v) is 5.48. The van der Waals surface area contributed by atoms with Crippen molar-refractivity contribution < 1.29 is 9.13 Å². The van der Waals surface area contributed by atoms with Gasteiger partial charge in [-0.25, -0.2) is 4.39 Å². The maximum Gasteiger partial charge on any atom is 0.123 e. The Hall–Kier alpha value is -0.160. The Balaban J connectivity index is 2.40. The predicted molar refractivity (Wildman–Crippen MR) is 78.1 cm³/mol. The average Bonchev–Trinajstić information content (AvgIpc) is 2.30. The van der Waals surface area contributed by atoms with Gasteiger partial charge in [0, 0.05) is 11.0 Å². The largest absolute Gasteiger partial charge is 0.373 e. The van der Waals surface area contributed by atoms with E-state index in [4.69, 9.17) is 4.74 Å². The molecular formula is C14H20FIO. The summed E-state index contributed by atoms with van der Waals surface area (Å²) < 4.78 is 19.5. The Labute approximate surface area is 117 Å². The first kappa shape index (κ1) is 14.9. The van der Waals surface area contributed by atoms with Crippen LogP contribution in [0, 0.1) is 11.7 Å². The third kappa shape index (κ3) is 5.82. The van der Waals surface area contributed by atoms with E-state index < -0.39 is 0 Å². The van der Waals surface area contributed by atoms with E-state index in [-0.39, 0.29) is 11.9 Å². The number of benzene rings is 1. The van der Waals surface area contributed by atoms with Crippen LogP contribution in [-0.4, -0.2) is 11.0 Å². The van der Waals surface area contributed by atoms with Gasteiger partial charge in [-0.2, -0.15) is 0 Å². The van der Waals surface area contributed by atoms with E-state index in [1.165, 1.54) is 18.6 Å². The van der Waals surface area contributed by atoms with Crippen LogP contribution in [0.25, 0.3) is 0 Å². The Morgan fingerprint density at radius 3 is 2.41 bits per heavy atom. The lowest BCUT2D eigenvalue weighted by Crippen LogP contribution is -2.07. The molecule has 1 nitrogen and oxygen atoms in total. The highest BCUT2D eigenvalue weighted by Gasteiger charge is 2.10. The molecule has 1 atom stereocenters. The molecule has 17 heavy (non-hydrogen) atoms. The molecule has 1 rings (SSSR count). The van der Waals surface area contributed by atoms with Crippen LogP contribution < -0.4 is 0 Å². The first-order valence-electron chi connectivity index (χ1n) is 6.06. The Kier molecular flexibility index (Phi) is 7.04. The lowest BCUT2D eigenvalue weighted by Gasteiger charge is -2.16. The Morgan fingerprint density at radius 2 is 1.88 bits per heavy atom. The number of rotatable bonds is 7. The quantitative estimate of drug-likeness (QED) is 0.392. The summed E-state index contributed by atoms with van der Waals surface area (Å²) in [6.07, 6.45) is 2.37. The van der Waals surface area contributed by atoms with Crippen LogP contribution in [0.2, 0.25) is 0 Å². The molecule has 0 radical (unpaired) electrons. The zero-order valence-corrected chi connectivity index (χ0v) is 12.6. The molecule has 0 fully saturated rings. The fraction of sp³-hybridized carbons (Fsp3) is 0.571. The van der Waals surface area contributed by atoms with Crippen molar-refractivity contribution in [1.29, 1.82) is 0 Å². The fourth-order valence-corrected chi connectivity index (χ4v) is 2.39. The zero-order valence-electron chi connectivity index (χ0n) is 10.5. The molecule has 1 unspecified atom stereocenters. The van der Waals surface area contributed by atoms with E-state index in [0.29, 0.717) is 0 Å². The standard InChI is InChI=1S/C14H20FIO/c1-11(2)4-3-9-17-14(10-16)12-5-7-13(15)8-6-12/h5-8,11,14H,3-4,9-10H2,1-2H3. The highest BCUT2D eigenvalue weighted by atomic mass is 127. The van der Waals surface area contributed by atoms with Gasteiger partial charge >= 0.3 is 0 Å². The minimum absolute atomic E-state index is 0.0864. The van der Waals surface area contributed by atoms with Gasteiger partial charge in [0.15, 0.2) is 0 Å². The van der Waals surface area contributed by atoms with Gasteiger partial charge in [-0.3, -0.25) is 0 Å². The SMILES string of the molecule is CC(C)CCCOC(CI)c1ccc(F)cc1. The molecule has 0 aliphatic rings. The maximum atomic E-state index is 12.8. The zero-order chi connectivity index (χ0) is 12.7. The summed E-state index contributed by atoms with van der Waals surface area (Å²) in [5.74, 6) is 0.531. The topological polar surface area (TPSA) is 9.23 Å². The number of ether oxygens (including phenoxy) is 1. The van der Waals surface area contributed by atoms with Crippen LogP contribution in [0.4, 0.5) is 4.39 Å². The van der Waals surface area contributed by atoms with Crippen molar-refractivity contribution in [1.82, 2.24) is 0 Å². The van der Waals surface area contributed by atoms with Gasteiger partial charge < -0.3 is 4.74 Å². The summed E-state index contributed by atoms with van der Waals surface area (Å²) >= 11 is 2.31. The Morgan fingerprint density at radius 1 is 1.24 bits per heavy atom. The van der Waals surface area contributed by atoms with E-state index in [1.807, 2.05) is 0 Å². The van der Waals surface area contributed by atoms with Gasteiger partial charge in [-0.05, 0) is 36.5 Å². The maximum absolute atomic E-state index is 12.8. The van der Waals surface area contributed by atoms with Crippen molar-refractivity contribution in [2.75, 3.05) is 11.0 Å². The van der Waals surface area contributed by atoms with Crippen molar-refractivity contribution in [2.45, 2.75) is 32.8 Å². The number of halogens is 2. The van der Waals surface area contributed by atoms with Crippen molar-refractivity contribution in [3.05, 3.63) is 35.6 Å². The smallest absolute Gasteiger partial charge is 0.123 e. The first-order chi connectivity index (χ1) is 8.13. The lowest BCUT2D eigenvalue weighted by atomic mass is 10.1. The summed E-state index contributed by atoms with van der Waals surface area (Å²) in [7, 11) is 0. The van der Waals surface area contributed by atoms with E-state index in [9.17, 15) is 4.39 Å². The molecular weight excluding hydrogens is 330 g/mol. The minimum atomic E-state index is -0.194. The molecule has 0 bridgehead atoms.